The first-order valence-electron chi connectivity index (χ1n) is 7.76. The highest BCUT2D eigenvalue weighted by atomic mass is 32.2. The molecule has 1 aliphatic carbocycles. The van der Waals surface area contributed by atoms with E-state index in [2.05, 4.69) is 42.2 Å². The summed E-state index contributed by atoms with van der Waals surface area (Å²) in [6, 6.07) is 7.63. The van der Waals surface area contributed by atoms with Crippen molar-refractivity contribution in [2.45, 2.75) is 45.1 Å². The molecule has 1 heterocycles. The third-order valence-electron chi connectivity index (χ3n) is 4.68. The lowest BCUT2D eigenvalue weighted by Gasteiger charge is -2.24. The van der Waals surface area contributed by atoms with E-state index in [0.717, 1.165) is 5.92 Å². The molecule has 1 saturated heterocycles. The van der Waals surface area contributed by atoms with Gasteiger partial charge in [0.2, 0.25) is 0 Å². The maximum Gasteiger partial charge on any atom is 0.0292 e. The maximum atomic E-state index is 3.75. The lowest BCUT2D eigenvalue weighted by Crippen LogP contribution is -2.28. The third kappa shape index (κ3) is 3.35. The van der Waals surface area contributed by atoms with Crippen molar-refractivity contribution in [3.63, 3.8) is 0 Å². The second kappa shape index (κ2) is 6.32. The first-order chi connectivity index (χ1) is 9.33. The molecule has 0 aromatic heterocycles. The number of fused-ring (bicyclic) bond motifs is 1. The minimum absolute atomic E-state index is 0.500. The summed E-state index contributed by atoms with van der Waals surface area (Å²) in [5.74, 6) is 3.62. The van der Waals surface area contributed by atoms with Gasteiger partial charge in [0.05, 0.1) is 0 Å². The third-order valence-corrected chi connectivity index (χ3v) is 5.72. The average molecular weight is 275 g/mol. The van der Waals surface area contributed by atoms with Crippen LogP contribution in [0.2, 0.25) is 0 Å². The van der Waals surface area contributed by atoms with Gasteiger partial charge in [-0.2, -0.15) is 11.8 Å². The van der Waals surface area contributed by atoms with Crippen molar-refractivity contribution in [3.8, 4) is 0 Å². The highest BCUT2D eigenvalue weighted by Gasteiger charge is 2.16. The molecule has 0 spiro atoms. The van der Waals surface area contributed by atoms with E-state index in [9.17, 15) is 0 Å². The van der Waals surface area contributed by atoms with Crippen molar-refractivity contribution >= 4 is 11.8 Å². The van der Waals surface area contributed by atoms with Crippen LogP contribution in [0.5, 0.6) is 0 Å². The summed E-state index contributed by atoms with van der Waals surface area (Å²) in [4.78, 5) is 0. The monoisotopic (exact) mass is 275 g/mol. The fraction of sp³-hybridized carbons (Fsp3) is 0.647. The van der Waals surface area contributed by atoms with Crippen LogP contribution >= 0.6 is 11.8 Å². The van der Waals surface area contributed by atoms with Crippen LogP contribution in [0.15, 0.2) is 18.2 Å². The summed E-state index contributed by atoms with van der Waals surface area (Å²) in [5, 5.41) is 3.75. The summed E-state index contributed by atoms with van der Waals surface area (Å²) in [7, 11) is 0. The molecule has 1 fully saturated rings. The number of hydrogen-bond acceptors (Lipinski definition) is 2. The van der Waals surface area contributed by atoms with Crippen molar-refractivity contribution in [2.24, 2.45) is 5.92 Å². The van der Waals surface area contributed by atoms with Crippen molar-refractivity contribution < 1.29 is 0 Å². The van der Waals surface area contributed by atoms with Crippen molar-refractivity contribution in [2.75, 3.05) is 18.1 Å². The van der Waals surface area contributed by atoms with Crippen LogP contribution < -0.4 is 5.32 Å². The molecular weight excluding hydrogens is 250 g/mol. The number of hydrogen-bond donors (Lipinski definition) is 1. The Balaban J connectivity index is 1.56. The van der Waals surface area contributed by atoms with E-state index >= 15 is 0 Å². The Labute approximate surface area is 121 Å². The lowest BCUT2D eigenvalue weighted by atomic mass is 9.99. The molecule has 0 amide bonds. The Bertz CT molecular complexity index is 423. The topological polar surface area (TPSA) is 12.0 Å². The molecule has 0 bridgehead atoms. The summed E-state index contributed by atoms with van der Waals surface area (Å²) in [6.45, 7) is 3.51. The van der Waals surface area contributed by atoms with Crippen LogP contribution in [0.25, 0.3) is 0 Å². The van der Waals surface area contributed by atoms with Crippen LogP contribution in [0, 0.1) is 5.92 Å². The molecule has 19 heavy (non-hydrogen) atoms. The van der Waals surface area contributed by atoms with E-state index in [1.165, 1.54) is 55.7 Å². The number of thioether (sulfide) groups is 1. The maximum absolute atomic E-state index is 3.75. The summed E-state index contributed by atoms with van der Waals surface area (Å²) < 4.78 is 0. The van der Waals surface area contributed by atoms with Crippen LogP contribution in [-0.4, -0.2) is 18.1 Å². The number of nitrogens with one attached hydrogen (secondary N) is 1. The second-order valence-corrected chi connectivity index (χ2v) is 7.29. The fourth-order valence-electron chi connectivity index (χ4n) is 3.27. The van der Waals surface area contributed by atoms with Gasteiger partial charge in [0, 0.05) is 6.04 Å². The van der Waals surface area contributed by atoms with Crippen LogP contribution in [0.1, 0.15) is 48.9 Å². The van der Waals surface area contributed by atoms with Gasteiger partial charge >= 0.3 is 0 Å². The molecule has 1 aliphatic heterocycles. The molecular formula is C17H25NS. The van der Waals surface area contributed by atoms with E-state index < -0.39 is 0 Å². The van der Waals surface area contributed by atoms with Crippen molar-refractivity contribution in [3.05, 3.63) is 34.9 Å². The zero-order valence-corrected chi connectivity index (χ0v) is 12.8. The molecule has 1 aromatic carbocycles. The molecule has 104 valence electrons. The molecule has 2 aliphatic rings. The van der Waals surface area contributed by atoms with Gasteiger partial charge in [-0.25, -0.2) is 0 Å². The molecule has 0 saturated carbocycles. The van der Waals surface area contributed by atoms with E-state index in [4.69, 9.17) is 0 Å². The van der Waals surface area contributed by atoms with E-state index in [0.29, 0.717) is 6.04 Å². The Hall–Kier alpha value is -0.470. The molecule has 1 nitrogen and oxygen atoms in total. The summed E-state index contributed by atoms with van der Waals surface area (Å²) >= 11 is 2.11. The van der Waals surface area contributed by atoms with Crippen molar-refractivity contribution in [1.29, 1.82) is 0 Å². The zero-order valence-electron chi connectivity index (χ0n) is 12.0. The largest absolute Gasteiger partial charge is 0.310 e. The fourth-order valence-corrected chi connectivity index (χ4v) is 4.48. The number of aryl methyl sites for hydroxylation is 2. The molecule has 2 heteroatoms. The SMILES string of the molecule is CC(NCC1CCSCC1)c1ccc2c(c1)CCC2. The van der Waals surface area contributed by atoms with Crippen LogP contribution in [0.4, 0.5) is 0 Å². The summed E-state index contributed by atoms with van der Waals surface area (Å²) in [5.41, 5.74) is 4.66. The lowest BCUT2D eigenvalue weighted by molar-refractivity contribution is 0.421. The van der Waals surface area contributed by atoms with Crippen LogP contribution in [-0.2, 0) is 12.8 Å². The second-order valence-electron chi connectivity index (χ2n) is 6.07. The molecule has 0 radical (unpaired) electrons. The molecule has 1 N–H and O–H groups in total. The van der Waals surface area contributed by atoms with Gasteiger partial charge in [0.1, 0.15) is 0 Å². The van der Waals surface area contributed by atoms with E-state index in [-0.39, 0.29) is 0 Å². The Kier molecular flexibility index (Phi) is 4.49. The quantitative estimate of drug-likeness (QED) is 0.892. The number of rotatable bonds is 4. The molecule has 1 atom stereocenters. The van der Waals surface area contributed by atoms with Gasteiger partial charge in [0.25, 0.3) is 0 Å². The van der Waals surface area contributed by atoms with Gasteiger partial charge in [-0.05, 0) is 79.7 Å². The van der Waals surface area contributed by atoms with Gasteiger partial charge in [-0.3, -0.25) is 0 Å². The standard InChI is InChI=1S/C17H25NS/c1-13(18-12-14-7-9-19-10-8-14)16-6-5-15-3-2-4-17(15)11-16/h5-6,11,13-14,18H,2-4,7-10,12H2,1H3. The van der Waals surface area contributed by atoms with E-state index in [1.54, 1.807) is 11.1 Å². The first kappa shape index (κ1) is 13.5. The minimum atomic E-state index is 0.500. The van der Waals surface area contributed by atoms with Gasteiger partial charge in [-0.1, -0.05) is 18.2 Å². The average Bonchev–Trinajstić information content (AvgIpc) is 2.93. The van der Waals surface area contributed by atoms with Crippen LogP contribution in [0.3, 0.4) is 0 Å². The predicted molar refractivity (Wildman–Crippen MR) is 84.9 cm³/mol. The molecule has 1 unspecified atom stereocenters. The minimum Gasteiger partial charge on any atom is -0.310 e. The van der Waals surface area contributed by atoms with Gasteiger partial charge < -0.3 is 5.32 Å². The van der Waals surface area contributed by atoms with Gasteiger partial charge in [-0.15, -0.1) is 0 Å². The summed E-state index contributed by atoms with van der Waals surface area (Å²) in [6.07, 6.45) is 6.72. The van der Waals surface area contributed by atoms with Gasteiger partial charge in [0.15, 0.2) is 0 Å². The Morgan fingerprint density at radius 1 is 1.21 bits per heavy atom. The molecule has 1 aromatic rings. The smallest absolute Gasteiger partial charge is 0.0292 e. The zero-order chi connectivity index (χ0) is 13.1. The predicted octanol–water partition coefficient (Wildman–Crippen LogP) is 3.97. The van der Waals surface area contributed by atoms with Crippen molar-refractivity contribution in [1.82, 2.24) is 5.32 Å². The Morgan fingerprint density at radius 2 is 2.00 bits per heavy atom. The molecule has 3 rings (SSSR count). The highest BCUT2D eigenvalue weighted by molar-refractivity contribution is 7.99. The number of benzene rings is 1. The van der Waals surface area contributed by atoms with E-state index in [1.807, 2.05) is 0 Å². The highest BCUT2D eigenvalue weighted by Crippen LogP contribution is 2.26. The first-order valence-corrected chi connectivity index (χ1v) is 8.91. The Morgan fingerprint density at radius 3 is 2.84 bits per heavy atom. The normalized spacial score (nSPS) is 21.3.